The lowest BCUT2D eigenvalue weighted by molar-refractivity contribution is 0.0951. The minimum Gasteiger partial charge on any atom is -0.453 e. The third-order valence-electron chi connectivity index (χ3n) is 5.11. The maximum atomic E-state index is 13.4. The van der Waals surface area contributed by atoms with Crippen molar-refractivity contribution in [2.24, 2.45) is 0 Å². The third kappa shape index (κ3) is 5.90. The number of ether oxygens (including phenoxy) is 1. The molecule has 0 saturated carbocycles. The summed E-state index contributed by atoms with van der Waals surface area (Å²) in [6, 6.07) is 17.4. The average Bonchev–Trinajstić information content (AvgIpc) is 2.90. The number of benzene rings is 2. The molecule has 0 aliphatic carbocycles. The molecule has 0 fully saturated rings. The van der Waals surface area contributed by atoms with Crippen molar-refractivity contribution < 1.29 is 18.3 Å². The Balaban J connectivity index is 1.43. The summed E-state index contributed by atoms with van der Waals surface area (Å²) in [4.78, 5) is 21.0. The summed E-state index contributed by atoms with van der Waals surface area (Å²) in [5, 5.41) is 14.9. The average molecular weight is 486 g/mol. The number of aromatic nitrogens is 2. The van der Waals surface area contributed by atoms with Gasteiger partial charge >= 0.3 is 0 Å². The first-order valence-electron chi connectivity index (χ1n) is 10.8. The molecule has 4 N–H and O–H groups in total. The molecular formula is C26H20F2N6O2. The number of anilines is 2. The van der Waals surface area contributed by atoms with E-state index in [-0.39, 0.29) is 29.3 Å². The van der Waals surface area contributed by atoms with Crippen LogP contribution >= 0.6 is 0 Å². The number of nitrogens with two attached hydrogens (primary N) is 1. The van der Waals surface area contributed by atoms with Crippen LogP contribution in [0.15, 0.2) is 73.1 Å². The summed E-state index contributed by atoms with van der Waals surface area (Å²) in [5.74, 6) is -0.923. The molecule has 0 saturated heterocycles. The van der Waals surface area contributed by atoms with Crippen LogP contribution in [0.2, 0.25) is 0 Å². The highest BCUT2D eigenvalue weighted by Crippen LogP contribution is 2.25. The van der Waals surface area contributed by atoms with Gasteiger partial charge in [-0.2, -0.15) is 5.26 Å². The number of nitrogens with one attached hydrogen (secondary N) is 2. The normalized spacial score (nSPS) is 10.4. The first kappa shape index (κ1) is 24.1. The molecule has 2 aromatic carbocycles. The van der Waals surface area contributed by atoms with Gasteiger partial charge in [-0.25, -0.2) is 18.7 Å². The number of carbonyl (C=O) groups excluding carboxylic acids is 1. The Morgan fingerprint density at radius 1 is 1.00 bits per heavy atom. The van der Waals surface area contributed by atoms with E-state index in [0.29, 0.717) is 23.6 Å². The maximum absolute atomic E-state index is 13.4. The fraction of sp³-hybridized carbons (Fsp3) is 0.0769. The van der Waals surface area contributed by atoms with Gasteiger partial charge in [-0.1, -0.05) is 18.2 Å². The van der Waals surface area contributed by atoms with Gasteiger partial charge in [0.15, 0.2) is 23.2 Å². The summed E-state index contributed by atoms with van der Waals surface area (Å²) in [5.41, 5.74) is 7.41. The fourth-order valence-electron chi connectivity index (χ4n) is 3.24. The van der Waals surface area contributed by atoms with Gasteiger partial charge in [0.2, 0.25) is 0 Å². The highest BCUT2D eigenvalue weighted by Gasteiger charge is 2.15. The van der Waals surface area contributed by atoms with Crippen LogP contribution in [0.3, 0.4) is 0 Å². The van der Waals surface area contributed by atoms with Gasteiger partial charge in [-0.05, 0) is 53.6 Å². The predicted octanol–water partition coefficient (Wildman–Crippen LogP) is 4.54. The van der Waals surface area contributed by atoms with Crippen molar-refractivity contribution in [1.29, 1.82) is 5.26 Å². The summed E-state index contributed by atoms with van der Waals surface area (Å²) < 4.78 is 32.3. The molecular weight excluding hydrogens is 466 g/mol. The van der Waals surface area contributed by atoms with Gasteiger partial charge in [0, 0.05) is 25.5 Å². The van der Waals surface area contributed by atoms with Gasteiger partial charge in [-0.15, -0.1) is 0 Å². The highest BCUT2D eigenvalue weighted by molar-refractivity contribution is 5.99. The number of nitrogens with zero attached hydrogens (tertiary/aromatic N) is 3. The Morgan fingerprint density at radius 2 is 1.78 bits per heavy atom. The summed E-state index contributed by atoms with van der Waals surface area (Å²) in [6.07, 6.45) is 2.93. The van der Waals surface area contributed by atoms with Crippen molar-refractivity contribution in [3.63, 3.8) is 0 Å². The molecule has 8 nitrogen and oxygen atoms in total. The van der Waals surface area contributed by atoms with E-state index in [1.807, 2.05) is 18.2 Å². The molecule has 36 heavy (non-hydrogen) atoms. The Bertz CT molecular complexity index is 1440. The molecule has 0 radical (unpaired) electrons. The second kappa shape index (κ2) is 10.9. The van der Waals surface area contributed by atoms with E-state index < -0.39 is 17.5 Å². The molecule has 0 spiro atoms. The quantitative estimate of drug-likeness (QED) is 0.334. The summed E-state index contributed by atoms with van der Waals surface area (Å²) >= 11 is 0. The molecule has 1 amide bonds. The number of carbonyl (C=O) groups is 1. The van der Waals surface area contributed by atoms with Gasteiger partial charge < -0.3 is 21.1 Å². The first-order valence-corrected chi connectivity index (χ1v) is 10.8. The van der Waals surface area contributed by atoms with Gasteiger partial charge in [0.1, 0.15) is 17.6 Å². The molecule has 0 aliphatic heterocycles. The van der Waals surface area contributed by atoms with E-state index in [9.17, 15) is 18.8 Å². The lowest BCUT2D eigenvalue weighted by atomic mass is 10.1. The SMILES string of the molecule is N#Cc1cnc(NCc2ccc(Oc3cccnc3N)cc2)c(C(=O)NCc2ccc(F)c(F)c2)c1. The van der Waals surface area contributed by atoms with Crippen molar-refractivity contribution in [1.82, 2.24) is 15.3 Å². The van der Waals surface area contributed by atoms with E-state index in [4.69, 9.17) is 10.5 Å². The van der Waals surface area contributed by atoms with Gasteiger partial charge in [0.05, 0.1) is 11.1 Å². The molecule has 0 atom stereocenters. The second-order valence-electron chi connectivity index (χ2n) is 7.65. The standard InChI is InChI=1S/C26H20F2N6O2/c27-21-8-5-17(11-22(21)28)14-34-26(35)20-10-18(12-29)15-33-25(20)32-13-16-3-6-19(7-4-16)36-23-2-1-9-31-24(23)30/h1-11,15H,13-14H2,(H2,30,31)(H,32,33)(H,34,35). The summed E-state index contributed by atoms with van der Waals surface area (Å²) in [6.45, 7) is 0.298. The van der Waals surface area contributed by atoms with Crippen molar-refractivity contribution in [2.75, 3.05) is 11.1 Å². The van der Waals surface area contributed by atoms with Crippen molar-refractivity contribution in [3.05, 3.63) is 107 Å². The number of halogens is 2. The summed E-state index contributed by atoms with van der Waals surface area (Å²) in [7, 11) is 0. The van der Waals surface area contributed by atoms with E-state index >= 15 is 0 Å². The zero-order chi connectivity index (χ0) is 25.5. The number of hydrogen-bond acceptors (Lipinski definition) is 7. The van der Waals surface area contributed by atoms with Gasteiger partial charge in [-0.3, -0.25) is 4.79 Å². The minimum atomic E-state index is -1.00. The minimum absolute atomic E-state index is 0.0326. The zero-order valence-corrected chi connectivity index (χ0v) is 18.8. The number of pyridine rings is 2. The third-order valence-corrected chi connectivity index (χ3v) is 5.11. The van der Waals surface area contributed by atoms with E-state index in [2.05, 4.69) is 20.6 Å². The fourth-order valence-corrected chi connectivity index (χ4v) is 3.24. The second-order valence-corrected chi connectivity index (χ2v) is 7.65. The molecule has 4 rings (SSSR count). The molecule has 0 bridgehead atoms. The molecule has 0 unspecified atom stereocenters. The van der Waals surface area contributed by atoms with Crippen LogP contribution in [0.4, 0.5) is 20.4 Å². The largest absolute Gasteiger partial charge is 0.453 e. The van der Waals surface area contributed by atoms with Crippen LogP contribution in [-0.4, -0.2) is 15.9 Å². The van der Waals surface area contributed by atoms with Crippen LogP contribution in [0, 0.1) is 23.0 Å². The lowest BCUT2D eigenvalue weighted by Gasteiger charge is -2.13. The van der Waals surface area contributed by atoms with Crippen molar-refractivity contribution in [2.45, 2.75) is 13.1 Å². The van der Waals surface area contributed by atoms with Crippen molar-refractivity contribution in [3.8, 4) is 17.6 Å². The molecule has 10 heteroatoms. The molecule has 0 aliphatic rings. The number of hydrogen-bond donors (Lipinski definition) is 3. The van der Waals surface area contributed by atoms with E-state index in [0.717, 1.165) is 17.7 Å². The maximum Gasteiger partial charge on any atom is 0.255 e. The molecule has 4 aromatic rings. The first-order chi connectivity index (χ1) is 17.4. The number of nitriles is 1. The molecule has 2 heterocycles. The molecule has 2 aromatic heterocycles. The Morgan fingerprint density at radius 3 is 2.50 bits per heavy atom. The number of amides is 1. The van der Waals surface area contributed by atoms with E-state index in [1.54, 1.807) is 30.5 Å². The molecule has 180 valence electrons. The van der Waals surface area contributed by atoms with Crippen LogP contribution in [0.5, 0.6) is 11.5 Å². The van der Waals surface area contributed by atoms with Crippen molar-refractivity contribution >= 4 is 17.5 Å². The number of nitrogen functional groups attached to an aromatic ring is 1. The van der Waals surface area contributed by atoms with Crippen LogP contribution in [0.1, 0.15) is 27.0 Å². The highest BCUT2D eigenvalue weighted by atomic mass is 19.2. The predicted molar refractivity (Wildman–Crippen MR) is 129 cm³/mol. The lowest BCUT2D eigenvalue weighted by Crippen LogP contribution is -2.24. The van der Waals surface area contributed by atoms with Crippen LogP contribution in [-0.2, 0) is 13.1 Å². The Labute approximate surface area is 205 Å². The monoisotopic (exact) mass is 486 g/mol. The zero-order valence-electron chi connectivity index (χ0n) is 18.8. The number of rotatable bonds is 8. The van der Waals surface area contributed by atoms with Crippen LogP contribution in [0.25, 0.3) is 0 Å². The van der Waals surface area contributed by atoms with Gasteiger partial charge in [0.25, 0.3) is 5.91 Å². The smallest absolute Gasteiger partial charge is 0.255 e. The Hall–Kier alpha value is -5.04. The van der Waals surface area contributed by atoms with Crippen LogP contribution < -0.4 is 21.1 Å². The Kier molecular flexibility index (Phi) is 7.31. The topological polar surface area (TPSA) is 126 Å². The van der Waals surface area contributed by atoms with E-state index in [1.165, 1.54) is 18.3 Å².